The molecule has 1 aliphatic rings. The third-order valence-corrected chi connectivity index (χ3v) is 4.10. The van der Waals surface area contributed by atoms with Gasteiger partial charge in [-0.15, -0.1) is 0 Å². The summed E-state index contributed by atoms with van der Waals surface area (Å²) in [7, 11) is 2.16. The molecule has 0 bridgehead atoms. The van der Waals surface area contributed by atoms with E-state index in [1.807, 2.05) is 18.3 Å². The van der Waals surface area contributed by atoms with Crippen molar-refractivity contribution < 1.29 is 0 Å². The molecule has 0 atom stereocenters. The molecule has 0 aliphatic carbocycles. The fraction of sp³-hybridized carbons (Fsp3) is 0.333. The molecule has 0 aromatic carbocycles. The molecular weight excluding hydrogens is 264 g/mol. The summed E-state index contributed by atoms with van der Waals surface area (Å²) in [5.41, 5.74) is 2.80. The zero-order valence-electron chi connectivity index (χ0n) is 12.0. The molecule has 2 N–H and O–H groups in total. The van der Waals surface area contributed by atoms with Crippen LogP contribution in [0.4, 0.5) is 5.82 Å². The fourth-order valence-corrected chi connectivity index (χ4v) is 2.79. The first kappa shape index (κ1) is 12.4. The number of nitrogens with zero attached hydrogens (tertiary/aromatic N) is 4. The SMILES string of the molecule is CN1CCN(c2ccc3c(-c4ccc[nH]4)[nH]nc3n2)CC1. The van der Waals surface area contributed by atoms with Gasteiger partial charge in [-0.25, -0.2) is 4.98 Å². The smallest absolute Gasteiger partial charge is 0.183 e. The maximum atomic E-state index is 4.71. The summed E-state index contributed by atoms with van der Waals surface area (Å²) in [4.78, 5) is 12.6. The van der Waals surface area contributed by atoms with Gasteiger partial charge in [0.2, 0.25) is 0 Å². The zero-order chi connectivity index (χ0) is 14.2. The highest BCUT2D eigenvalue weighted by atomic mass is 15.3. The van der Waals surface area contributed by atoms with Crippen LogP contribution in [0.3, 0.4) is 0 Å². The normalized spacial score (nSPS) is 16.7. The van der Waals surface area contributed by atoms with Crippen molar-refractivity contribution in [2.24, 2.45) is 0 Å². The lowest BCUT2D eigenvalue weighted by Crippen LogP contribution is -2.44. The fourth-order valence-electron chi connectivity index (χ4n) is 2.79. The molecule has 0 radical (unpaired) electrons. The molecule has 21 heavy (non-hydrogen) atoms. The van der Waals surface area contributed by atoms with E-state index < -0.39 is 0 Å². The number of nitrogens with one attached hydrogen (secondary N) is 2. The van der Waals surface area contributed by atoms with Gasteiger partial charge in [0.15, 0.2) is 5.65 Å². The minimum Gasteiger partial charge on any atom is -0.360 e. The van der Waals surface area contributed by atoms with Gasteiger partial charge < -0.3 is 14.8 Å². The highest BCUT2D eigenvalue weighted by Crippen LogP contribution is 2.26. The first-order chi connectivity index (χ1) is 10.3. The van der Waals surface area contributed by atoms with E-state index in [1.165, 1.54) is 0 Å². The molecule has 0 unspecified atom stereocenters. The number of pyridine rings is 1. The molecule has 0 spiro atoms. The molecule has 1 fully saturated rings. The third kappa shape index (κ3) is 2.17. The van der Waals surface area contributed by atoms with Gasteiger partial charge in [-0.2, -0.15) is 5.10 Å². The predicted molar refractivity (Wildman–Crippen MR) is 83.4 cm³/mol. The lowest BCUT2D eigenvalue weighted by Gasteiger charge is -2.33. The summed E-state index contributed by atoms with van der Waals surface area (Å²) >= 11 is 0. The molecule has 4 rings (SSSR count). The van der Waals surface area contributed by atoms with Crippen LogP contribution in [0.1, 0.15) is 0 Å². The number of H-pyrrole nitrogens is 2. The van der Waals surface area contributed by atoms with Gasteiger partial charge in [0.1, 0.15) is 5.82 Å². The molecule has 3 aromatic heterocycles. The van der Waals surface area contributed by atoms with Crippen LogP contribution < -0.4 is 4.90 Å². The highest BCUT2D eigenvalue weighted by molar-refractivity contribution is 5.90. The van der Waals surface area contributed by atoms with Crippen molar-refractivity contribution in [1.82, 2.24) is 25.1 Å². The quantitative estimate of drug-likeness (QED) is 0.751. The van der Waals surface area contributed by atoms with Crippen LogP contribution in [-0.4, -0.2) is 58.3 Å². The van der Waals surface area contributed by atoms with Crippen molar-refractivity contribution in [1.29, 1.82) is 0 Å². The van der Waals surface area contributed by atoms with E-state index in [2.05, 4.69) is 44.2 Å². The summed E-state index contributed by atoms with van der Waals surface area (Å²) in [6.45, 7) is 4.19. The molecule has 3 aromatic rings. The third-order valence-electron chi connectivity index (χ3n) is 4.10. The number of rotatable bonds is 2. The average molecular weight is 282 g/mol. The van der Waals surface area contributed by atoms with E-state index in [1.54, 1.807) is 0 Å². The summed E-state index contributed by atoms with van der Waals surface area (Å²) < 4.78 is 0. The van der Waals surface area contributed by atoms with Crippen LogP contribution in [0.25, 0.3) is 22.4 Å². The topological polar surface area (TPSA) is 63.8 Å². The molecule has 4 heterocycles. The van der Waals surface area contributed by atoms with Crippen LogP contribution in [-0.2, 0) is 0 Å². The lowest BCUT2D eigenvalue weighted by atomic mass is 10.2. The van der Waals surface area contributed by atoms with Crippen LogP contribution in [0.5, 0.6) is 0 Å². The summed E-state index contributed by atoms with van der Waals surface area (Å²) in [5, 5.41) is 8.49. The number of fused-ring (bicyclic) bond motifs is 1. The Bertz CT molecular complexity index is 737. The van der Waals surface area contributed by atoms with Gasteiger partial charge in [-0.05, 0) is 31.3 Å². The van der Waals surface area contributed by atoms with Gasteiger partial charge in [0.25, 0.3) is 0 Å². The van der Waals surface area contributed by atoms with Crippen molar-refractivity contribution in [3.63, 3.8) is 0 Å². The minimum atomic E-state index is 0.774. The second-order valence-corrected chi connectivity index (χ2v) is 5.51. The van der Waals surface area contributed by atoms with Gasteiger partial charge in [0.05, 0.1) is 11.4 Å². The number of anilines is 1. The van der Waals surface area contributed by atoms with Crippen LogP contribution in [0.2, 0.25) is 0 Å². The van der Waals surface area contributed by atoms with Crippen molar-refractivity contribution in [2.75, 3.05) is 38.1 Å². The molecule has 0 amide bonds. The van der Waals surface area contributed by atoms with Crippen LogP contribution in [0.15, 0.2) is 30.5 Å². The largest absolute Gasteiger partial charge is 0.360 e. The Morgan fingerprint density at radius 2 is 1.95 bits per heavy atom. The maximum absolute atomic E-state index is 4.71. The highest BCUT2D eigenvalue weighted by Gasteiger charge is 2.17. The first-order valence-corrected chi connectivity index (χ1v) is 7.23. The van der Waals surface area contributed by atoms with Gasteiger partial charge >= 0.3 is 0 Å². The second-order valence-electron chi connectivity index (χ2n) is 5.51. The van der Waals surface area contributed by atoms with Crippen LogP contribution in [0, 0.1) is 0 Å². The molecule has 1 aliphatic heterocycles. The molecule has 6 nitrogen and oxygen atoms in total. The molecular formula is C15H18N6. The van der Waals surface area contributed by atoms with Gasteiger partial charge in [-0.1, -0.05) is 0 Å². The van der Waals surface area contributed by atoms with E-state index in [0.29, 0.717) is 0 Å². The van der Waals surface area contributed by atoms with Crippen molar-refractivity contribution in [2.45, 2.75) is 0 Å². The number of aromatic amines is 2. The zero-order valence-corrected chi connectivity index (χ0v) is 12.0. The number of hydrogen-bond donors (Lipinski definition) is 2. The number of hydrogen-bond acceptors (Lipinski definition) is 4. The summed E-state index contributed by atoms with van der Waals surface area (Å²) in [5.74, 6) is 1.01. The van der Waals surface area contributed by atoms with E-state index >= 15 is 0 Å². The maximum Gasteiger partial charge on any atom is 0.183 e. The number of aromatic nitrogens is 4. The van der Waals surface area contributed by atoms with Crippen molar-refractivity contribution in [3.8, 4) is 11.4 Å². The van der Waals surface area contributed by atoms with E-state index in [0.717, 1.165) is 54.4 Å². The Morgan fingerprint density at radius 3 is 2.71 bits per heavy atom. The Balaban J connectivity index is 1.68. The van der Waals surface area contributed by atoms with Crippen molar-refractivity contribution >= 4 is 16.9 Å². The molecule has 108 valence electrons. The Kier molecular flexibility index (Phi) is 2.89. The van der Waals surface area contributed by atoms with Gasteiger partial charge in [0, 0.05) is 37.8 Å². The number of likely N-dealkylation sites (N-methyl/N-ethyl adjacent to an activating group) is 1. The van der Waals surface area contributed by atoms with Gasteiger partial charge in [-0.3, -0.25) is 5.10 Å². The Hall–Kier alpha value is -2.34. The van der Waals surface area contributed by atoms with E-state index in [-0.39, 0.29) is 0 Å². The predicted octanol–water partition coefficient (Wildman–Crippen LogP) is 1.70. The summed E-state index contributed by atoms with van der Waals surface area (Å²) in [6, 6.07) is 8.21. The summed E-state index contributed by atoms with van der Waals surface area (Å²) in [6.07, 6.45) is 1.91. The average Bonchev–Trinajstić information content (AvgIpc) is 3.16. The first-order valence-electron chi connectivity index (χ1n) is 7.23. The Morgan fingerprint density at radius 1 is 1.10 bits per heavy atom. The van der Waals surface area contributed by atoms with Crippen molar-refractivity contribution in [3.05, 3.63) is 30.5 Å². The lowest BCUT2D eigenvalue weighted by molar-refractivity contribution is 0.312. The number of piperazine rings is 1. The van der Waals surface area contributed by atoms with E-state index in [4.69, 9.17) is 4.98 Å². The molecule has 0 saturated carbocycles. The van der Waals surface area contributed by atoms with E-state index in [9.17, 15) is 0 Å². The molecule has 1 saturated heterocycles. The molecule has 6 heteroatoms. The standard InChI is InChI=1S/C15H18N6/c1-20-7-9-21(10-8-20)13-5-4-11-14(12-3-2-6-16-12)18-19-15(11)17-13/h2-6,16H,7-10H2,1H3,(H,17,18,19). The second kappa shape index (κ2) is 4.89. The van der Waals surface area contributed by atoms with Crippen LogP contribution >= 0.6 is 0 Å². The minimum absolute atomic E-state index is 0.774. The Labute approximate surface area is 122 Å². The monoisotopic (exact) mass is 282 g/mol.